The van der Waals surface area contributed by atoms with Crippen molar-refractivity contribution in [2.75, 3.05) is 9.80 Å². The van der Waals surface area contributed by atoms with Crippen molar-refractivity contribution in [2.45, 2.75) is 39.6 Å². The molecule has 0 amide bonds. The summed E-state index contributed by atoms with van der Waals surface area (Å²) in [5, 5.41) is 3.85. The molecule has 73 heavy (non-hydrogen) atoms. The molecule has 0 N–H and O–H groups in total. The average molecular weight is 1130 g/mol. The smallest absolute Gasteiger partial charge is 0.135 e. The van der Waals surface area contributed by atoms with Gasteiger partial charge in [-0.1, -0.05) is 154 Å². The second kappa shape index (κ2) is 18.5. The maximum atomic E-state index is 8.76. The van der Waals surface area contributed by atoms with E-state index in [2.05, 4.69) is 151 Å². The van der Waals surface area contributed by atoms with Gasteiger partial charge in [-0.25, -0.2) is 4.98 Å². The third-order valence-electron chi connectivity index (χ3n) is 13.6. The van der Waals surface area contributed by atoms with E-state index >= 15 is 0 Å². The van der Waals surface area contributed by atoms with Crippen LogP contribution in [-0.4, -0.2) is 14.1 Å². The number of aromatic nitrogens is 3. The maximum Gasteiger partial charge on any atom is 0.135 e. The van der Waals surface area contributed by atoms with Crippen LogP contribution in [0.25, 0.3) is 77.4 Å². The van der Waals surface area contributed by atoms with Crippen molar-refractivity contribution in [3.05, 3.63) is 248 Å². The molecular weight excluding hydrogens is 1070 g/mol. The Balaban J connectivity index is 0.00000651. The molecule has 358 valence electrons. The van der Waals surface area contributed by atoms with Crippen LogP contribution in [0, 0.1) is 25.7 Å². The molecular formula is C66H50N5OPt-3. The largest absolute Gasteiger partial charge is 0.509 e. The van der Waals surface area contributed by atoms with E-state index in [0.717, 1.165) is 66.5 Å². The summed E-state index contributed by atoms with van der Waals surface area (Å²) in [6.45, 7) is 6.66. The van der Waals surface area contributed by atoms with Crippen LogP contribution in [0.2, 0.25) is 0 Å². The van der Waals surface area contributed by atoms with Gasteiger partial charge in [-0.05, 0) is 99.6 Å². The monoisotopic (exact) mass is 1130 g/mol. The molecule has 3 aromatic heterocycles. The summed E-state index contributed by atoms with van der Waals surface area (Å²) >= 11 is 0. The molecule has 9 aromatic carbocycles. The molecule has 0 radical (unpaired) electrons. The number of pyridine rings is 1. The van der Waals surface area contributed by atoms with Crippen LogP contribution in [0.15, 0.2) is 212 Å². The molecule has 6 nitrogen and oxygen atoms in total. The number of benzene rings is 9. The van der Waals surface area contributed by atoms with Gasteiger partial charge >= 0.3 is 0 Å². The van der Waals surface area contributed by atoms with E-state index in [9.17, 15) is 0 Å². The minimum Gasteiger partial charge on any atom is -0.509 e. The molecule has 0 saturated heterocycles. The molecule has 0 unspecified atom stereocenters. The Morgan fingerprint density at radius 2 is 1.34 bits per heavy atom. The van der Waals surface area contributed by atoms with Crippen molar-refractivity contribution >= 4 is 60.7 Å². The minimum atomic E-state index is -2.79. The van der Waals surface area contributed by atoms with Gasteiger partial charge in [0.25, 0.3) is 0 Å². The molecule has 0 spiro atoms. The Morgan fingerprint density at radius 1 is 0.603 bits per heavy atom. The van der Waals surface area contributed by atoms with Crippen LogP contribution in [-0.2, 0) is 33.0 Å². The first-order chi connectivity index (χ1) is 38.5. The number of fused-ring (bicyclic) bond motifs is 7. The second-order valence-corrected chi connectivity index (χ2v) is 19.2. The van der Waals surface area contributed by atoms with Crippen molar-refractivity contribution in [2.24, 2.45) is 0 Å². The van der Waals surface area contributed by atoms with E-state index in [1.165, 1.54) is 23.4 Å². The molecule has 7 heteroatoms. The van der Waals surface area contributed by atoms with Gasteiger partial charge in [0.15, 0.2) is 0 Å². The number of nitrogens with zero attached hydrogens (tertiary/aromatic N) is 5. The molecule has 13 rings (SSSR count). The van der Waals surface area contributed by atoms with E-state index in [1.807, 2.05) is 77.4 Å². The van der Waals surface area contributed by atoms with Gasteiger partial charge in [0, 0.05) is 88.3 Å². The molecule has 0 bridgehead atoms. The summed E-state index contributed by atoms with van der Waals surface area (Å²) in [5.74, 6) is 1.02. The first-order valence-electron chi connectivity index (χ1n) is 28.0. The molecule has 0 aliphatic carbocycles. The van der Waals surface area contributed by atoms with E-state index in [1.54, 1.807) is 0 Å². The number of rotatable bonds is 9. The second-order valence-electron chi connectivity index (χ2n) is 19.2. The zero-order valence-corrected chi connectivity index (χ0v) is 42.3. The van der Waals surface area contributed by atoms with E-state index in [0.29, 0.717) is 29.1 Å². The molecule has 0 fully saturated rings. The van der Waals surface area contributed by atoms with E-state index in [-0.39, 0.29) is 49.0 Å². The fraction of sp³-hybridized carbons (Fsp3) is 0.0909. The predicted octanol–water partition coefficient (Wildman–Crippen LogP) is 16.9. The van der Waals surface area contributed by atoms with Crippen molar-refractivity contribution < 1.29 is 36.8 Å². The van der Waals surface area contributed by atoms with Gasteiger partial charge in [-0.3, -0.25) is 0 Å². The topological polar surface area (TPSA) is 38.5 Å². The van der Waals surface area contributed by atoms with Crippen LogP contribution >= 0.6 is 0 Å². The summed E-state index contributed by atoms with van der Waals surface area (Å²) in [4.78, 5) is 9.25. The number of aryl methyl sites for hydroxylation is 1. The maximum absolute atomic E-state index is 8.76. The summed E-state index contributed by atoms with van der Waals surface area (Å²) in [7, 11) is 0. The Hall–Kier alpha value is -8.18. The van der Waals surface area contributed by atoms with E-state index in [4.69, 9.17) is 20.7 Å². The third-order valence-corrected chi connectivity index (χ3v) is 13.6. The molecule has 12 aromatic rings. The van der Waals surface area contributed by atoms with E-state index < -0.39 is 37.1 Å². The summed E-state index contributed by atoms with van der Waals surface area (Å²) in [6.07, 6.45) is 1.29. The number of hydrogen-bond acceptors (Lipinski definition) is 4. The molecule has 1 aliphatic rings. The Kier molecular flexibility index (Phi) is 9.50. The fourth-order valence-electron chi connectivity index (χ4n) is 10.1. The van der Waals surface area contributed by atoms with Crippen molar-refractivity contribution in [1.29, 1.82) is 0 Å². The van der Waals surface area contributed by atoms with Crippen molar-refractivity contribution in [3.63, 3.8) is 0 Å². The first-order valence-corrected chi connectivity index (χ1v) is 24.0. The summed E-state index contributed by atoms with van der Waals surface area (Å²) < 4.78 is 79.6. The third kappa shape index (κ3) is 8.26. The summed E-state index contributed by atoms with van der Waals surface area (Å²) in [6, 6.07) is 63.7. The standard InChI is InChI=1S/C66H50N5O.Pt/c1-44-35-65(67-41-58(44)47-20-9-6-10-21-47)71-61-34-30-51(70-59-27-13-11-25-54(59)55-26-12-14-28-60(55)70)39-57(61)56-32-31-53(40-63(56)71)72-52-24-16-23-50(38-52)69-43-68(42-45-17-15-22-49(36-45)66(2,3)4)64-37-48(29-33-62(64)69)46-18-7-5-8-19-46;/h5-37,39,41,43H,42H2,1-4H3;/q-3;/i1D3,6D,9D,10D,20D,21D;. The van der Waals surface area contributed by atoms with Crippen LogP contribution in [0.4, 0.5) is 17.1 Å². The SMILES string of the molecule is [2H]c1c([2H])c([2H])c(-c2cnc(-n3c4[c-]c(Oc5[c-]c(N6[CH-]N(Cc7cccc(C(C)(C)C)c7)c7cc(-c8ccccc8)ccc76)ccc5)ccc4c4cc(-n5c6ccccc6c6ccccc65)ccc43)cc2C([2H])([2H])[2H])c([2H])c1[2H].[Pt]. The molecule has 4 heterocycles. The van der Waals surface area contributed by atoms with Crippen LogP contribution in [0.1, 0.15) is 48.4 Å². The van der Waals surface area contributed by atoms with Crippen molar-refractivity contribution in [1.82, 2.24) is 14.1 Å². The minimum absolute atomic E-state index is 0. The first kappa shape index (κ1) is 37.6. The van der Waals surface area contributed by atoms with Crippen LogP contribution < -0.4 is 14.5 Å². The molecule has 1 aliphatic heterocycles. The van der Waals surface area contributed by atoms with Gasteiger partial charge in [-0.15, -0.1) is 41.4 Å². The average Bonchev–Trinajstić information content (AvgIpc) is 4.23. The van der Waals surface area contributed by atoms with Gasteiger partial charge in [-0.2, -0.15) is 18.8 Å². The zero-order valence-electron chi connectivity index (χ0n) is 48.1. The quantitative estimate of drug-likeness (QED) is 0.135. The molecule has 0 atom stereocenters. The Morgan fingerprint density at radius 3 is 2.12 bits per heavy atom. The predicted molar refractivity (Wildman–Crippen MR) is 297 cm³/mol. The molecule has 0 saturated carbocycles. The number of anilines is 3. The normalized spacial score (nSPS) is 14.2. The zero-order chi connectivity index (χ0) is 55.4. The number of hydrogen-bond donors (Lipinski definition) is 0. The van der Waals surface area contributed by atoms with Gasteiger partial charge in [0.05, 0.1) is 17.9 Å². The van der Waals surface area contributed by atoms with Gasteiger partial charge < -0.3 is 23.7 Å². The van der Waals surface area contributed by atoms with Crippen molar-refractivity contribution in [3.8, 4) is 45.3 Å². The Labute approximate surface area is 451 Å². The number of para-hydroxylation sites is 2. The Bertz CT molecular complexity index is 4390. The summed E-state index contributed by atoms with van der Waals surface area (Å²) in [5.41, 5.74) is 11.1. The van der Waals surface area contributed by atoms with Crippen LogP contribution in [0.5, 0.6) is 11.5 Å². The van der Waals surface area contributed by atoms with Gasteiger partial charge in [0.1, 0.15) is 5.82 Å². The number of ether oxygens (including phenoxy) is 1. The fourth-order valence-corrected chi connectivity index (χ4v) is 10.1. The van der Waals surface area contributed by atoms with Gasteiger partial charge in [0.2, 0.25) is 0 Å². The van der Waals surface area contributed by atoms with Crippen LogP contribution in [0.3, 0.4) is 0 Å².